The normalized spacial score (nSPS) is 17.7. The summed E-state index contributed by atoms with van der Waals surface area (Å²) in [7, 11) is 1.98. The van der Waals surface area contributed by atoms with E-state index in [1.54, 1.807) is 0 Å². The summed E-state index contributed by atoms with van der Waals surface area (Å²) in [6.07, 6.45) is 7.50. The fraction of sp³-hybridized carbons (Fsp3) is 0.588. The first-order valence-electron chi connectivity index (χ1n) is 7.75. The Labute approximate surface area is 122 Å². The molecular formula is C17H26N2O. The molecule has 1 aliphatic rings. The number of aryl methyl sites for hydroxylation is 1. The summed E-state index contributed by atoms with van der Waals surface area (Å²) in [5.74, 6) is 0.120. The number of hydrogen-bond acceptors (Lipinski definition) is 2. The lowest BCUT2D eigenvalue weighted by molar-refractivity contribution is -0.117. The minimum absolute atomic E-state index is 0.00466. The molecule has 1 amide bonds. The Morgan fingerprint density at radius 2 is 2.00 bits per heavy atom. The Balaban J connectivity index is 1.97. The van der Waals surface area contributed by atoms with Crippen LogP contribution in [0.4, 0.5) is 5.69 Å². The zero-order chi connectivity index (χ0) is 14.4. The first-order chi connectivity index (χ1) is 9.67. The maximum atomic E-state index is 12.3. The summed E-state index contributed by atoms with van der Waals surface area (Å²) in [5.41, 5.74) is 2.17. The van der Waals surface area contributed by atoms with Gasteiger partial charge in [0, 0.05) is 17.6 Å². The second-order valence-electron chi connectivity index (χ2n) is 5.87. The first-order valence-corrected chi connectivity index (χ1v) is 7.75. The first kappa shape index (κ1) is 15.0. The predicted molar refractivity (Wildman–Crippen MR) is 83.9 cm³/mol. The molecule has 0 heterocycles. The highest BCUT2D eigenvalue weighted by molar-refractivity contribution is 5.91. The van der Waals surface area contributed by atoms with E-state index >= 15 is 0 Å². The fourth-order valence-electron chi connectivity index (χ4n) is 3.13. The minimum atomic E-state index is 0.00466. The van der Waals surface area contributed by atoms with Crippen molar-refractivity contribution in [3.63, 3.8) is 0 Å². The van der Waals surface area contributed by atoms with Crippen LogP contribution in [0, 0.1) is 0 Å². The van der Waals surface area contributed by atoms with E-state index in [2.05, 4.69) is 29.7 Å². The molecule has 0 radical (unpaired) electrons. The Bertz CT molecular complexity index is 450. The van der Waals surface area contributed by atoms with Crippen LogP contribution in [-0.4, -0.2) is 18.5 Å². The van der Waals surface area contributed by atoms with Gasteiger partial charge in [-0.1, -0.05) is 38.3 Å². The standard InChI is InChI=1S/C17H26N2O/c1-3-14-8-7-9-15(12-14)19-16(20)13-17(18-2)10-5-4-6-11-17/h7-9,12,18H,3-6,10-11,13H2,1-2H3,(H,19,20). The van der Waals surface area contributed by atoms with Gasteiger partial charge in [0.25, 0.3) is 0 Å². The van der Waals surface area contributed by atoms with Crippen molar-refractivity contribution < 1.29 is 4.79 Å². The van der Waals surface area contributed by atoms with Gasteiger partial charge in [0.1, 0.15) is 0 Å². The molecule has 20 heavy (non-hydrogen) atoms. The van der Waals surface area contributed by atoms with E-state index in [9.17, 15) is 4.79 Å². The lowest BCUT2D eigenvalue weighted by Gasteiger charge is -2.36. The smallest absolute Gasteiger partial charge is 0.226 e. The fourth-order valence-corrected chi connectivity index (χ4v) is 3.13. The summed E-state index contributed by atoms with van der Waals surface area (Å²) in [6.45, 7) is 2.12. The minimum Gasteiger partial charge on any atom is -0.326 e. The van der Waals surface area contributed by atoms with Gasteiger partial charge in [-0.05, 0) is 44.0 Å². The maximum absolute atomic E-state index is 12.3. The highest BCUT2D eigenvalue weighted by atomic mass is 16.1. The lowest BCUT2D eigenvalue weighted by atomic mass is 9.79. The van der Waals surface area contributed by atoms with E-state index < -0.39 is 0 Å². The van der Waals surface area contributed by atoms with E-state index in [0.29, 0.717) is 6.42 Å². The van der Waals surface area contributed by atoms with Gasteiger partial charge in [-0.15, -0.1) is 0 Å². The van der Waals surface area contributed by atoms with Crippen LogP contribution in [0.25, 0.3) is 0 Å². The molecule has 0 aromatic heterocycles. The van der Waals surface area contributed by atoms with Crippen molar-refractivity contribution in [2.75, 3.05) is 12.4 Å². The van der Waals surface area contributed by atoms with Crippen molar-refractivity contribution in [3.8, 4) is 0 Å². The quantitative estimate of drug-likeness (QED) is 0.863. The lowest BCUT2D eigenvalue weighted by Crippen LogP contribution is -2.47. The molecule has 1 fully saturated rings. The van der Waals surface area contributed by atoms with E-state index in [4.69, 9.17) is 0 Å². The van der Waals surface area contributed by atoms with Crippen LogP contribution in [0.5, 0.6) is 0 Å². The van der Waals surface area contributed by atoms with Crippen LogP contribution >= 0.6 is 0 Å². The van der Waals surface area contributed by atoms with Crippen LogP contribution in [0.15, 0.2) is 24.3 Å². The monoisotopic (exact) mass is 274 g/mol. The van der Waals surface area contributed by atoms with E-state index in [-0.39, 0.29) is 11.4 Å². The number of anilines is 1. The molecule has 0 atom stereocenters. The molecule has 0 unspecified atom stereocenters. The van der Waals surface area contributed by atoms with E-state index in [0.717, 1.165) is 24.9 Å². The third-order valence-corrected chi connectivity index (χ3v) is 4.46. The van der Waals surface area contributed by atoms with Crippen molar-refractivity contribution in [1.82, 2.24) is 5.32 Å². The highest BCUT2D eigenvalue weighted by Crippen LogP contribution is 2.31. The topological polar surface area (TPSA) is 41.1 Å². The molecule has 2 N–H and O–H groups in total. The number of nitrogens with one attached hydrogen (secondary N) is 2. The summed E-state index contributed by atoms with van der Waals surface area (Å²) >= 11 is 0. The number of rotatable bonds is 5. The van der Waals surface area contributed by atoms with Crippen molar-refractivity contribution in [2.45, 2.75) is 57.4 Å². The van der Waals surface area contributed by atoms with Crippen molar-refractivity contribution in [1.29, 1.82) is 0 Å². The van der Waals surface area contributed by atoms with Crippen LogP contribution in [0.2, 0.25) is 0 Å². The van der Waals surface area contributed by atoms with Gasteiger partial charge in [0.2, 0.25) is 5.91 Å². The second kappa shape index (κ2) is 6.89. The summed E-state index contributed by atoms with van der Waals surface area (Å²) in [5, 5.41) is 6.44. The van der Waals surface area contributed by atoms with Crippen molar-refractivity contribution in [2.24, 2.45) is 0 Å². The van der Waals surface area contributed by atoms with Gasteiger partial charge in [0.15, 0.2) is 0 Å². The van der Waals surface area contributed by atoms with Gasteiger partial charge in [-0.25, -0.2) is 0 Å². The molecule has 0 saturated heterocycles. The van der Waals surface area contributed by atoms with Gasteiger partial charge in [0.05, 0.1) is 0 Å². The van der Waals surface area contributed by atoms with Crippen LogP contribution in [-0.2, 0) is 11.2 Å². The third kappa shape index (κ3) is 3.83. The van der Waals surface area contributed by atoms with Crippen molar-refractivity contribution >= 4 is 11.6 Å². The van der Waals surface area contributed by atoms with Crippen LogP contribution in [0.1, 0.15) is 51.0 Å². The molecule has 1 aromatic carbocycles. The summed E-state index contributed by atoms with van der Waals surface area (Å²) < 4.78 is 0. The third-order valence-electron chi connectivity index (χ3n) is 4.46. The molecule has 2 rings (SSSR count). The Kier molecular flexibility index (Phi) is 5.18. The predicted octanol–water partition coefficient (Wildman–Crippen LogP) is 3.50. The van der Waals surface area contributed by atoms with Gasteiger partial charge >= 0.3 is 0 Å². The van der Waals surface area contributed by atoms with E-state index in [1.807, 2.05) is 19.2 Å². The molecule has 3 nitrogen and oxygen atoms in total. The van der Waals surface area contributed by atoms with Gasteiger partial charge in [-0.2, -0.15) is 0 Å². The van der Waals surface area contributed by atoms with Crippen LogP contribution in [0.3, 0.4) is 0 Å². The number of benzene rings is 1. The number of carbonyl (C=O) groups excluding carboxylic acids is 1. The SMILES string of the molecule is CCc1cccc(NC(=O)CC2(NC)CCCCC2)c1. The molecule has 1 saturated carbocycles. The number of carbonyl (C=O) groups is 1. The molecule has 0 spiro atoms. The Morgan fingerprint density at radius 1 is 1.25 bits per heavy atom. The van der Waals surface area contributed by atoms with Gasteiger partial charge in [-0.3, -0.25) is 4.79 Å². The maximum Gasteiger partial charge on any atom is 0.226 e. The van der Waals surface area contributed by atoms with Crippen LogP contribution < -0.4 is 10.6 Å². The highest BCUT2D eigenvalue weighted by Gasteiger charge is 2.32. The Hall–Kier alpha value is -1.35. The summed E-state index contributed by atoms with van der Waals surface area (Å²) in [4.78, 5) is 12.3. The molecule has 110 valence electrons. The molecule has 0 bridgehead atoms. The largest absolute Gasteiger partial charge is 0.326 e. The zero-order valence-electron chi connectivity index (χ0n) is 12.7. The summed E-state index contributed by atoms with van der Waals surface area (Å²) in [6, 6.07) is 8.11. The second-order valence-corrected chi connectivity index (χ2v) is 5.87. The average molecular weight is 274 g/mol. The average Bonchev–Trinajstić information content (AvgIpc) is 2.48. The van der Waals surface area contributed by atoms with Gasteiger partial charge < -0.3 is 10.6 Å². The molecule has 1 aliphatic carbocycles. The van der Waals surface area contributed by atoms with Crippen molar-refractivity contribution in [3.05, 3.63) is 29.8 Å². The number of hydrogen-bond donors (Lipinski definition) is 2. The molecule has 1 aromatic rings. The molecular weight excluding hydrogens is 248 g/mol. The number of amides is 1. The molecule has 0 aliphatic heterocycles. The molecule has 3 heteroatoms. The zero-order valence-corrected chi connectivity index (χ0v) is 12.7. The Morgan fingerprint density at radius 3 is 2.65 bits per heavy atom. The van der Waals surface area contributed by atoms with E-state index in [1.165, 1.54) is 24.8 Å².